The van der Waals surface area contributed by atoms with Crippen LogP contribution in [0.15, 0.2) is 24.3 Å². The molecule has 0 saturated carbocycles. The highest BCUT2D eigenvalue weighted by atomic mass is 16.4. The topological polar surface area (TPSA) is 63.3 Å². The third kappa shape index (κ3) is 3.07. The van der Waals surface area contributed by atoms with Gasteiger partial charge in [-0.1, -0.05) is 43.7 Å². The van der Waals surface area contributed by atoms with E-state index in [2.05, 4.69) is 0 Å². The zero-order valence-corrected chi connectivity index (χ0v) is 10.0. The third-order valence-electron chi connectivity index (χ3n) is 2.88. The van der Waals surface area contributed by atoms with Crippen LogP contribution in [-0.4, -0.2) is 17.1 Å². The molecule has 0 bridgehead atoms. The van der Waals surface area contributed by atoms with Gasteiger partial charge >= 0.3 is 5.97 Å². The van der Waals surface area contributed by atoms with Crippen LogP contribution in [0.25, 0.3) is 0 Å². The van der Waals surface area contributed by atoms with Crippen molar-refractivity contribution in [1.82, 2.24) is 0 Å². The van der Waals surface area contributed by atoms with Crippen LogP contribution in [0.5, 0.6) is 0 Å². The van der Waals surface area contributed by atoms with Crippen molar-refractivity contribution in [2.45, 2.75) is 38.6 Å². The van der Waals surface area contributed by atoms with Crippen molar-refractivity contribution >= 4 is 5.97 Å². The lowest BCUT2D eigenvalue weighted by atomic mass is 9.79. The van der Waals surface area contributed by atoms with Gasteiger partial charge in [0.15, 0.2) is 0 Å². The molecule has 1 atom stereocenters. The Kier molecular flexibility index (Phi) is 3.70. The number of nitrogens with two attached hydrogens (primary N) is 1. The molecule has 0 heterocycles. The van der Waals surface area contributed by atoms with Gasteiger partial charge in [0.25, 0.3) is 0 Å². The fourth-order valence-corrected chi connectivity index (χ4v) is 1.76. The Morgan fingerprint density at radius 3 is 2.31 bits per heavy atom. The molecule has 0 radical (unpaired) electrons. The number of aryl methyl sites for hydroxylation is 1. The number of hydrogen-bond donors (Lipinski definition) is 2. The molecule has 0 saturated heterocycles. The van der Waals surface area contributed by atoms with Gasteiger partial charge in [-0.3, -0.25) is 4.79 Å². The van der Waals surface area contributed by atoms with Crippen molar-refractivity contribution in [3.05, 3.63) is 35.4 Å². The minimum Gasteiger partial charge on any atom is -0.480 e. The van der Waals surface area contributed by atoms with Gasteiger partial charge in [0.1, 0.15) is 6.04 Å². The molecule has 0 spiro atoms. The summed E-state index contributed by atoms with van der Waals surface area (Å²) in [6.07, 6.45) is 0.436. The van der Waals surface area contributed by atoms with Crippen LogP contribution in [0.4, 0.5) is 0 Å². The van der Waals surface area contributed by atoms with Crippen LogP contribution >= 0.6 is 0 Å². The summed E-state index contributed by atoms with van der Waals surface area (Å²) in [6.45, 7) is 6.06. The van der Waals surface area contributed by atoms with E-state index in [1.807, 2.05) is 45.0 Å². The molecule has 1 aromatic rings. The summed E-state index contributed by atoms with van der Waals surface area (Å²) in [5.41, 5.74) is 7.67. The molecule has 1 rings (SSSR count). The monoisotopic (exact) mass is 221 g/mol. The molecule has 3 nitrogen and oxygen atoms in total. The Bertz CT molecular complexity index is 368. The van der Waals surface area contributed by atoms with Crippen LogP contribution < -0.4 is 5.73 Å². The molecule has 0 aliphatic rings. The number of carbonyl (C=O) groups is 1. The molecule has 0 aliphatic heterocycles. The van der Waals surface area contributed by atoms with Crippen molar-refractivity contribution in [2.24, 2.45) is 5.73 Å². The van der Waals surface area contributed by atoms with Gasteiger partial charge in [0.05, 0.1) is 0 Å². The first kappa shape index (κ1) is 12.7. The Labute approximate surface area is 96.3 Å². The number of carboxylic acids is 1. The summed E-state index contributed by atoms with van der Waals surface area (Å²) in [5.74, 6) is -0.944. The van der Waals surface area contributed by atoms with Gasteiger partial charge in [-0.15, -0.1) is 0 Å². The van der Waals surface area contributed by atoms with E-state index in [1.54, 1.807) is 0 Å². The maximum atomic E-state index is 10.7. The van der Waals surface area contributed by atoms with Gasteiger partial charge in [0, 0.05) is 0 Å². The van der Waals surface area contributed by atoms with Crippen LogP contribution in [0.1, 0.15) is 31.4 Å². The molecule has 0 aromatic heterocycles. The van der Waals surface area contributed by atoms with Gasteiger partial charge in [-0.25, -0.2) is 0 Å². The predicted molar refractivity (Wildman–Crippen MR) is 64.4 cm³/mol. The van der Waals surface area contributed by atoms with E-state index in [-0.39, 0.29) is 5.41 Å². The van der Waals surface area contributed by atoms with E-state index in [9.17, 15) is 4.79 Å². The van der Waals surface area contributed by atoms with Crippen molar-refractivity contribution in [2.75, 3.05) is 0 Å². The van der Waals surface area contributed by atoms with E-state index in [0.29, 0.717) is 6.42 Å². The molecule has 0 fully saturated rings. The second kappa shape index (κ2) is 4.66. The lowest BCUT2D eigenvalue weighted by Gasteiger charge is -2.27. The second-order valence-electron chi connectivity index (χ2n) is 4.90. The average Bonchev–Trinajstić information content (AvgIpc) is 2.17. The van der Waals surface area contributed by atoms with E-state index in [0.717, 1.165) is 5.56 Å². The summed E-state index contributed by atoms with van der Waals surface area (Å²) in [4.78, 5) is 10.7. The Hall–Kier alpha value is -1.35. The molecule has 0 amide bonds. The maximum absolute atomic E-state index is 10.7. The lowest BCUT2D eigenvalue weighted by Crippen LogP contribution is -2.36. The Balaban J connectivity index is 2.84. The van der Waals surface area contributed by atoms with Crippen LogP contribution in [0, 0.1) is 6.92 Å². The molecule has 1 unspecified atom stereocenters. The molecule has 16 heavy (non-hydrogen) atoms. The summed E-state index contributed by atoms with van der Waals surface area (Å²) >= 11 is 0. The highest BCUT2D eigenvalue weighted by Crippen LogP contribution is 2.28. The molecule has 1 aromatic carbocycles. The molecular weight excluding hydrogens is 202 g/mol. The number of rotatable bonds is 4. The standard InChI is InChI=1S/C13H19NO2/c1-9-4-6-10(7-5-9)13(2,3)8-11(14)12(15)16/h4-7,11H,8,14H2,1-3H3,(H,15,16). The highest BCUT2D eigenvalue weighted by Gasteiger charge is 2.26. The first-order chi connectivity index (χ1) is 7.33. The van der Waals surface area contributed by atoms with Crippen molar-refractivity contribution in [3.63, 3.8) is 0 Å². The molecule has 3 heteroatoms. The van der Waals surface area contributed by atoms with E-state index in [4.69, 9.17) is 10.8 Å². The summed E-state index contributed by atoms with van der Waals surface area (Å²) < 4.78 is 0. The van der Waals surface area contributed by atoms with Crippen LogP contribution in [-0.2, 0) is 10.2 Å². The van der Waals surface area contributed by atoms with Gasteiger partial charge in [-0.05, 0) is 24.3 Å². The lowest BCUT2D eigenvalue weighted by molar-refractivity contribution is -0.139. The Morgan fingerprint density at radius 2 is 1.88 bits per heavy atom. The number of benzene rings is 1. The van der Waals surface area contributed by atoms with Crippen molar-refractivity contribution in [1.29, 1.82) is 0 Å². The normalized spacial score (nSPS) is 13.5. The first-order valence-corrected chi connectivity index (χ1v) is 5.38. The van der Waals surface area contributed by atoms with E-state index in [1.165, 1.54) is 5.56 Å². The van der Waals surface area contributed by atoms with Crippen molar-refractivity contribution < 1.29 is 9.90 Å². The number of hydrogen-bond acceptors (Lipinski definition) is 2. The maximum Gasteiger partial charge on any atom is 0.320 e. The van der Waals surface area contributed by atoms with Gasteiger partial charge in [-0.2, -0.15) is 0 Å². The summed E-state index contributed by atoms with van der Waals surface area (Å²) in [5, 5.41) is 8.81. The number of aliphatic carboxylic acids is 1. The predicted octanol–water partition coefficient (Wildman–Crippen LogP) is 2.07. The smallest absolute Gasteiger partial charge is 0.320 e. The van der Waals surface area contributed by atoms with Crippen molar-refractivity contribution in [3.8, 4) is 0 Å². The highest BCUT2D eigenvalue weighted by molar-refractivity contribution is 5.73. The molecule has 0 aliphatic carbocycles. The van der Waals surface area contributed by atoms with Crippen LogP contribution in [0.3, 0.4) is 0 Å². The minimum atomic E-state index is -0.944. The molecular formula is C13H19NO2. The Morgan fingerprint density at radius 1 is 1.38 bits per heavy atom. The zero-order chi connectivity index (χ0) is 12.3. The second-order valence-corrected chi connectivity index (χ2v) is 4.90. The van der Waals surface area contributed by atoms with E-state index < -0.39 is 12.0 Å². The fraction of sp³-hybridized carbons (Fsp3) is 0.462. The largest absolute Gasteiger partial charge is 0.480 e. The van der Waals surface area contributed by atoms with Crippen LogP contribution in [0.2, 0.25) is 0 Å². The SMILES string of the molecule is Cc1ccc(C(C)(C)CC(N)C(=O)O)cc1. The molecule has 3 N–H and O–H groups in total. The van der Waals surface area contributed by atoms with Gasteiger partial charge < -0.3 is 10.8 Å². The fourth-order valence-electron chi connectivity index (χ4n) is 1.76. The first-order valence-electron chi connectivity index (χ1n) is 5.38. The quantitative estimate of drug-likeness (QED) is 0.818. The summed E-state index contributed by atoms with van der Waals surface area (Å²) in [6, 6.07) is 7.32. The number of carboxylic acid groups (broad SMARTS) is 1. The minimum absolute atomic E-state index is 0.217. The zero-order valence-electron chi connectivity index (χ0n) is 10.0. The average molecular weight is 221 g/mol. The molecule has 88 valence electrons. The van der Waals surface area contributed by atoms with E-state index >= 15 is 0 Å². The third-order valence-corrected chi connectivity index (χ3v) is 2.88. The summed E-state index contributed by atoms with van der Waals surface area (Å²) in [7, 11) is 0. The van der Waals surface area contributed by atoms with Gasteiger partial charge in [0.2, 0.25) is 0 Å².